The summed E-state index contributed by atoms with van der Waals surface area (Å²) in [7, 11) is 2.93. The van der Waals surface area contributed by atoms with Crippen LogP contribution in [0.15, 0.2) is 47.6 Å². The van der Waals surface area contributed by atoms with Crippen LogP contribution in [0.3, 0.4) is 0 Å². The van der Waals surface area contributed by atoms with E-state index in [-0.39, 0.29) is 61.2 Å². The lowest BCUT2D eigenvalue weighted by Crippen LogP contribution is -2.61. The molecular formula is C51H79NO13. The van der Waals surface area contributed by atoms with Crippen LogP contribution in [0.1, 0.15) is 132 Å². The highest BCUT2D eigenvalue weighted by Crippen LogP contribution is 2.39. The van der Waals surface area contributed by atoms with E-state index in [2.05, 4.69) is 0 Å². The van der Waals surface area contributed by atoms with Crippen LogP contribution in [0.4, 0.5) is 0 Å². The van der Waals surface area contributed by atoms with Gasteiger partial charge >= 0.3 is 5.97 Å². The maximum atomic E-state index is 14.3. The second kappa shape index (κ2) is 24.1. The number of hydrogen-bond acceptors (Lipinski definition) is 13. The molecule has 0 aromatic rings. The molecule has 4 rings (SSSR count). The Morgan fingerprint density at radius 2 is 1.60 bits per heavy atom. The zero-order chi connectivity index (χ0) is 48.4. The van der Waals surface area contributed by atoms with E-state index in [1.165, 1.54) is 7.11 Å². The van der Waals surface area contributed by atoms with Crippen molar-refractivity contribution in [3.05, 3.63) is 47.6 Å². The van der Waals surface area contributed by atoms with Gasteiger partial charge in [-0.1, -0.05) is 71.1 Å². The Hall–Kier alpha value is -3.37. The van der Waals surface area contributed by atoms with Gasteiger partial charge in [0, 0.05) is 51.4 Å². The van der Waals surface area contributed by atoms with Gasteiger partial charge in [-0.3, -0.25) is 19.2 Å². The van der Waals surface area contributed by atoms with Crippen LogP contribution in [-0.2, 0) is 42.9 Å². The average Bonchev–Trinajstić information content (AvgIpc) is 3.26. The lowest BCUT2D eigenvalue weighted by atomic mass is 9.78. The summed E-state index contributed by atoms with van der Waals surface area (Å²) >= 11 is 0. The molecule has 3 fully saturated rings. The number of fused-ring (bicyclic) bond motifs is 3. The molecule has 0 aromatic heterocycles. The lowest BCUT2D eigenvalue weighted by molar-refractivity contribution is -0.267. The van der Waals surface area contributed by atoms with E-state index in [9.17, 15) is 44.4 Å². The first-order valence-corrected chi connectivity index (χ1v) is 23.9. The van der Waals surface area contributed by atoms with Crippen LogP contribution in [-0.4, -0.2) is 129 Å². The number of amides is 1. The van der Waals surface area contributed by atoms with Crippen molar-refractivity contribution in [2.24, 2.45) is 35.5 Å². The number of aliphatic hydroxyl groups excluding tert-OH is 2. The Bertz CT molecular complexity index is 1790. The van der Waals surface area contributed by atoms with E-state index < -0.39 is 83.4 Å². The fraction of sp³-hybridized carbons (Fsp3) is 0.745. The molecule has 7 unspecified atom stereocenters. The zero-order valence-corrected chi connectivity index (χ0v) is 40.6. The van der Waals surface area contributed by atoms with Crippen LogP contribution in [0.2, 0.25) is 0 Å². The lowest BCUT2D eigenvalue weighted by Gasteiger charge is -2.43. The number of esters is 1. The number of piperidine rings is 1. The molecule has 1 aliphatic carbocycles. The number of nitrogens with zero attached hydrogens (tertiary/aromatic N) is 1. The first-order valence-electron chi connectivity index (χ1n) is 23.9. The Kier molecular flexibility index (Phi) is 20.1. The molecule has 2 bridgehead atoms. The number of hydrogen-bond donors (Lipinski definition) is 4. The van der Waals surface area contributed by atoms with E-state index in [0.29, 0.717) is 68.9 Å². The minimum absolute atomic E-state index is 0.0118. The van der Waals surface area contributed by atoms with Gasteiger partial charge in [0.15, 0.2) is 5.78 Å². The maximum Gasteiger partial charge on any atom is 0.329 e. The maximum absolute atomic E-state index is 14.3. The summed E-state index contributed by atoms with van der Waals surface area (Å²) in [6.07, 6.45) is 10.4. The summed E-state index contributed by atoms with van der Waals surface area (Å²) < 4.78 is 23.4. The molecule has 0 aromatic carbocycles. The molecule has 14 nitrogen and oxygen atoms in total. The standard InChI is InChI=1S/C51H79NO13/c1-30-16-12-11-13-17-35(6)50(8,60)29-38-21-19-36(7)51(61,65-38)47(57)48(58)52-23-15-14-18-39(52)49(59)64-42(32(3)26-37-20-22-40(53)43(27-37)62-9)28-41(54)31(2)25-34(5)45(56)46(63-10)44(55)33(4)24-30/h11-13,16-17,25,30-33,36-40,42-43,45-46,53,56,60-61H,14-15,18-24,26-29H2,1-10H3/b13-11+,16-12+,34-25+,35-17+/t30-,31-,32-,33?,36?,37?,38+,39?,40-,42+,43?,45?,46+,50-,51?/m1/s1. The van der Waals surface area contributed by atoms with Gasteiger partial charge in [0.05, 0.1) is 23.9 Å². The van der Waals surface area contributed by atoms with Gasteiger partial charge in [-0.05, 0) is 114 Å². The molecule has 14 heteroatoms. The molecule has 0 radical (unpaired) electrons. The number of aliphatic hydroxyl groups is 4. The average molecular weight is 914 g/mol. The van der Waals surface area contributed by atoms with Crippen LogP contribution < -0.4 is 0 Å². The third-order valence-electron chi connectivity index (χ3n) is 14.7. The summed E-state index contributed by atoms with van der Waals surface area (Å²) in [5.41, 5.74) is -0.414. The fourth-order valence-corrected chi connectivity index (χ4v) is 10.1. The van der Waals surface area contributed by atoms with Gasteiger partial charge in [0.25, 0.3) is 11.7 Å². The molecule has 1 amide bonds. The van der Waals surface area contributed by atoms with E-state index in [4.69, 9.17) is 18.9 Å². The summed E-state index contributed by atoms with van der Waals surface area (Å²) in [5.74, 6) is -8.30. The first kappa shape index (κ1) is 54.2. The van der Waals surface area contributed by atoms with E-state index >= 15 is 0 Å². The van der Waals surface area contributed by atoms with Gasteiger partial charge in [-0.15, -0.1) is 0 Å². The number of allylic oxidation sites excluding steroid dienone is 6. The first-order chi connectivity index (χ1) is 30.5. The number of rotatable bonds is 5. The highest BCUT2D eigenvalue weighted by Gasteiger charge is 2.53. The molecule has 3 heterocycles. The van der Waals surface area contributed by atoms with Crippen molar-refractivity contribution < 1.29 is 63.3 Å². The highest BCUT2D eigenvalue weighted by atomic mass is 16.6. The van der Waals surface area contributed by atoms with Gasteiger partial charge in [0.1, 0.15) is 30.1 Å². The number of Topliss-reactive ketones (excluding diaryl/α,β-unsaturated/α-hetero) is 3. The summed E-state index contributed by atoms with van der Waals surface area (Å²) in [6.45, 7) is 14.1. The molecular weight excluding hydrogens is 835 g/mol. The number of methoxy groups -OCH3 is 2. The predicted molar refractivity (Wildman–Crippen MR) is 245 cm³/mol. The third-order valence-corrected chi connectivity index (χ3v) is 14.7. The van der Waals surface area contributed by atoms with Gasteiger partial charge < -0.3 is 44.3 Å². The Balaban J connectivity index is 1.71. The Labute approximate surface area is 386 Å². The minimum atomic E-state index is -2.50. The monoisotopic (exact) mass is 914 g/mol. The molecule has 4 aliphatic rings. The van der Waals surface area contributed by atoms with Crippen LogP contribution in [0, 0.1) is 35.5 Å². The summed E-state index contributed by atoms with van der Waals surface area (Å²) in [5, 5.41) is 45.4. The Morgan fingerprint density at radius 3 is 2.28 bits per heavy atom. The quantitative estimate of drug-likeness (QED) is 0.144. The second-order valence-electron chi connectivity index (χ2n) is 20.0. The van der Waals surface area contributed by atoms with Crippen molar-refractivity contribution in [3.8, 4) is 0 Å². The van der Waals surface area contributed by atoms with Crippen LogP contribution in [0.5, 0.6) is 0 Å². The molecule has 366 valence electrons. The molecule has 0 spiro atoms. The summed E-state index contributed by atoms with van der Waals surface area (Å²) in [4.78, 5) is 71.7. The van der Waals surface area contributed by atoms with E-state index in [0.717, 1.165) is 4.90 Å². The Morgan fingerprint density at radius 1 is 0.892 bits per heavy atom. The molecule has 15 atom stereocenters. The van der Waals surface area contributed by atoms with Crippen molar-refractivity contribution in [1.29, 1.82) is 0 Å². The normalized spacial score (nSPS) is 41.6. The van der Waals surface area contributed by atoms with Crippen LogP contribution in [0.25, 0.3) is 0 Å². The van der Waals surface area contributed by atoms with Gasteiger partial charge in [-0.25, -0.2) is 4.79 Å². The zero-order valence-electron chi connectivity index (χ0n) is 40.6. The third kappa shape index (κ3) is 14.1. The van der Waals surface area contributed by atoms with Crippen molar-refractivity contribution in [2.45, 2.75) is 186 Å². The van der Waals surface area contributed by atoms with E-state index in [1.54, 1.807) is 66.9 Å². The van der Waals surface area contributed by atoms with Crippen molar-refractivity contribution in [3.63, 3.8) is 0 Å². The second-order valence-corrected chi connectivity index (χ2v) is 20.0. The fourth-order valence-electron chi connectivity index (χ4n) is 10.1. The number of carbonyl (C=O) groups excluding carboxylic acids is 5. The predicted octanol–water partition coefficient (Wildman–Crippen LogP) is 5.92. The van der Waals surface area contributed by atoms with Gasteiger partial charge in [0.2, 0.25) is 5.79 Å². The van der Waals surface area contributed by atoms with Crippen molar-refractivity contribution in [2.75, 3.05) is 20.8 Å². The van der Waals surface area contributed by atoms with E-state index in [1.807, 2.05) is 32.1 Å². The van der Waals surface area contributed by atoms with Crippen LogP contribution >= 0.6 is 0 Å². The SMILES string of the molecule is COC1CC(C[C@@H](C)[C@@H]2CC(=O)[C@H](C)/C=C(\C)C(O)[C@@H](OC)C(=O)C(C)C[C@H](C)/C=C/C=C/C=C(\C)[C@](C)(O)C[C@@H]3CCC(C)C(O)(O3)C(=O)C(=O)N3CCCCC3C(=O)O2)CC[C@H]1O. The number of cyclic esters (lactones) is 1. The van der Waals surface area contributed by atoms with Crippen molar-refractivity contribution >= 4 is 29.2 Å². The minimum Gasteiger partial charge on any atom is -0.460 e. The molecule has 2 saturated heterocycles. The number of ether oxygens (including phenoxy) is 4. The topological polar surface area (TPSA) is 206 Å². The van der Waals surface area contributed by atoms with Crippen molar-refractivity contribution in [1.82, 2.24) is 4.90 Å². The number of carbonyl (C=O) groups is 5. The molecule has 1 saturated carbocycles. The molecule has 3 aliphatic heterocycles. The summed E-state index contributed by atoms with van der Waals surface area (Å²) in [6, 6.07) is -1.16. The number of ketones is 3. The molecule has 4 N–H and O–H groups in total. The largest absolute Gasteiger partial charge is 0.460 e. The smallest absolute Gasteiger partial charge is 0.329 e. The molecule has 65 heavy (non-hydrogen) atoms. The highest BCUT2D eigenvalue weighted by molar-refractivity contribution is 6.39. The van der Waals surface area contributed by atoms with Gasteiger partial charge in [-0.2, -0.15) is 0 Å².